The minimum atomic E-state index is -0.542. The standard InChI is InChI=1S/C29H25BrN4O3/c1-17(2)16-34-26-7-5-4-6-21(26)27(29(34)36)32-33-28(35)23-15-25(18-8-10-19(30)11-9-18)31-24-13-12-20(37-3)14-22(23)24/h4-15,17,36H,16H2,1-3H3. The highest BCUT2D eigenvalue weighted by atomic mass is 79.9. The maximum atomic E-state index is 13.5. The van der Waals surface area contributed by atoms with E-state index in [1.807, 2.05) is 54.6 Å². The van der Waals surface area contributed by atoms with Crippen molar-refractivity contribution < 1.29 is 14.6 Å². The maximum Gasteiger partial charge on any atom is 0.296 e. The molecule has 2 heterocycles. The van der Waals surface area contributed by atoms with Crippen LogP contribution in [0.5, 0.6) is 11.6 Å². The lowest BCUT2D eigenvalue weighted by atomic mass is 10.0. The molecular formula is C29H25BrN4O3. The van der Waals surface area contributed by atoms with Crippen molar-refractivity contribution in [2.45, 2.75) is 20.4 Å². The van der Waals surface area contributed by atoms with E-state index in [1.54, 1.807) is 29.9 Å². The number of azo groups is 1. The summed E-state index contributed by atoms with van der Waals surface area (Å²) in [6.45, 7) is 4.76. The predicted molar refractivity (Wildman–Crippen MR) is 149 cm³/mol. The van der Waals surface area contributed by atoms with Crippen molar-refractivity contribution in [3.8, 4) is 22.9 Å². The summed E-state index contributed by atoms with van der Waals surface area (Å²) in [6.07, 6.45) is 0. The van der Waals surface area contributed by atoms with Gasteiger partial charge in [0.2, 0.25) is 5.88 Å². The van der Waals surface area contributed by atoms with Crippen molar-refractivity contribution in [3.63, 3.8) is 0 Å². The largest absolute Gasteiger partial charge is 0.497 e. The van der Waals surface area contributed by atoms with Gasteiger partial charge in [-0.2, -0.15) is 0 Å². The predicted octanol–water partition coefficient (Wildman–Crippen LogP) is 7.91. The van der Waals surface area contributed by atoms with E-state index in [9.17, 15) is 9.90 Å². The van der Waals surface area contributed by atoms with Gasteiger partial charge in [0.05, 0.1) is 29.4 Å². The first-order valence-corrected chi connectivity index (χ1v) is 12.7. The quantitative estimate of drug-likeness (QED) is 0.215. The number of aromatic hydroxyl groups is 1. The summed E-state index contributed by atoms with van der Waals surface area (Å²) in [5.41, 5.74) is 3.59. The first kappa shape index (κ1) is 24.6. The summed E-state index contributed by atoms with van der Waals surface area (Å²) in [6, 6.07) is 22.4. The molecule has 0 atom stereocenters. The molecule has 1 amide bonds. The molecule has 3 aromatic carbocycles. The third-order valence-electron chi connectivity index (χ3n) is 6.09. The van der Waals surface area contributed by atoms with Gasteiger partial charge in [0.25, 0.3) is 5.91 Å². The van der Waals surface area contributed by atoms with Crippen molar-refractivity contribution in [1.29, 1.82) is 0 Å². The first-order chi connectivity index (χ1) is 17.9. The highest BCUT2D eigenvalue weighted by Gasteiger charge is 2.19. The van der Waals surface area contributed by atoms with Crippen LogP contribution in [-0.4, -0.2) is 27.7 Å². The number of halogens is 1. The number of hydrogen-bond acceptors (Lipinski definition) is 5. The van der Waals surface area contributed by atoms with E-state index in [-0.39, 0.29) is 11.6 Å². The second-order valence-electron chi connectivity index (χ2n) is 9.14. The summed E-state index contributed by atoms with van der Waals surface area (Å²) in [5, 5.41) is 20.6. The van der Waals surface area contributed by atoms with Gasteiger partial charge in [-0.05, 0) is 48.4 Å². The molecule has 8 heteroatoms. The highest BCUT2D eigenvalue weighted by Crippen LogP contribution is 2.39. The molecular weight excluding hydrogens is 532 g/mol. The zero-order valence-corrected chi connectivity index (χ0v) is 22.2. The molecule has 0 radical (unpaired) electrons. The summed E-state index contributed by atoms with van der Waals surface area (Å²) in [7, 11) is 1.57. The van der Waals surface area contributed by atoms with E-state index >= 15 is 0 Å². The smallest absolute Gasteiger partial charge is 0.296 e. The minimum Gasteiger partial charge on any atom is -0.497 e. The van der Waals surface area contributed by atoms with Crippen molar-refractivity contribution in [3.05, 3.63) is 82.8 Å². The number of amides is 1. The van der Waals surface area contributed by atoms with Crippen LogP contribution in [0.15, 0.2) is 87.5 Å². The van der Waals surface area contributed by atoms with E-state index < -0.39 is 5.91 Å². The highest BCUT2D eigenvalue weighted by molar-refractivity contribution is 9.10. The van der Waals surface area contributed by atoms with Gasteiger partial charge in [0, 0.05) is 27.4 Å². The fourth-order valence-electron chi connectivity index (χ4n) is 4.35. The van der Waals surface area contributed by atoms with E-state index in [0.717, 1.165) is 20.9 Å². The average molecular weight is 557 g/mol. The lowest BCUT2D eigenvalue weighted by Gasteiger charge is -2.09. The Morgan fingerprint density at radius 1 is 1.05 bits per heavy atom. The average Bonchev–Trinajstić information content (AvgIpc) is 3.16. The number of para-hydroxylation sites is 1. The third-order valence-corrected chi connectivity index (χ3v) is 6.62. The maximum absolute atomic E-state index is 13.5. The van der Waals surface area contributed by atoms with Gasteiger partial charge in [-0.3, -0.25) is 4.79 Å². The Balaban J connectivity index is 1.62. The zero-order chi connectivity index (χ0) is 26.1. The third kappa shape index (κ3) is 4.84. The molecule has 2 aromatic heterocycles. The normalized spacial score (nSPS) is 11.7. The van der Waals surface area contributed by atoms with Crippen molar-refractivity contribution in [2.75, 3.05) is 7.11 Å². The number of aromatic nitrogens is 2. The number of pyridine rings is 1. The van der Waals surface area contributed by atoms with Crippen LogP contribution in [0.1, 0.15) is 24.2 Å². The van der Waals surface area contributed by atoms with E-state index in [0.29, 0.717) is 40.4 Å². The van der Waals surface area contributed by atoms with Crippen molar-refractivity contribution in [1.82, 2.24) is 9.55 Å². The van der Waals surface area contributed by atoms with Crippen LogP contribution in [-0.2, 0) is 6.54 Å². The van der Waals surface area contributed by atoms with Gasteiger partial charge in [0.1, 0.15) is 5.75 Å². The van der Waals surface area contributed by atoms with Crippen LogP contribution in [0, 0.1) is 5.92 Å². The Bertz CT molecular complexity index is 1660. The summed E-state index contributed by atoms with van der Waals surface area (Å²) < 4.78 is 8.13. The number of methoxy groups -OCH3 is 1. The molecule has 0 unspecified atom stereocenters. The summed E-state index contributed by atoms with van der Waals surface area (Å²) >= 11 is 3.45. The van der Waals surface area contributed by atoms with Crippen molar-refractivity contribution >= 4 is 49.3 Å². The monoisotopic (exact) mass is 556 g/mol. The van der Waals surface area contributed by atoms with E-state index in [2.05, 4.69) is 40.0 Å². The molecule has 0 spiro atoms. The first-order valence-electron chi connectivity index (χ1n) is 11.9. The van der Waals surface area contributed by atoms with Crippen LogP contribution in [0.2, 0.25) is 0 Å². The molecule has 0 aliphatic rings. The zero-order valence-electron chi connectivity index (χ0n) is 20.6. The second-order valence-corrected chi connectivity index (χ2v) is 10.1. The molecule has 0 aliphatic carbocycles. The number of benzene rings is 3. The van der Waals surface area contributed by atoms with Crippen LogP contribution < -0.4 is 4.74 Å². The lowest BCUT2D eigenvalue weighted by molar-refractivity contribution is 0.0996. The Kier molecular flexibility index (Phi) is 6.76. The molecule has 0 aliphatic heterocycles. The number of carbonyl (C=O) groups excluding carboxylic acids is 1. The van der Waals surface area contributed by atoms with Crippen LogP contribution >= 0.6 is 15.9 Å². The number of rotatable bonds is 6. The van der Waals surface area contributed by atoms with Gasteiger partial charge in [-0.1, -0.05) is 60.1 Å². The summed E-state index contributed by atoms with van der Waals surface area (Å²) in [4.78, 5) is 18.2. The molecule has 0 fully saturated rings. The Morgan fingerprint density at radius 3 is 2.54 bits per heavy atom. The molecule has 186 valence electrons. The lowest BCUT2D eigenvalue weighted by Crippen LogP contribution is -2.03. The van der Waals surface area contributed by atoms with Gasteiger partial charge >= 0.3 is 0 Å². The fraction of sp³-hybridized carbons (Fsp3) is 0.172. The SMILES string of the molecule is COc1ccc2nc(-c3ccc(Br)cc3)cc(C(=O)N=Nc3c(O)n(CC(C)C)c4ccccc34)c2c1. The Hall–Kier alpha value is -4.04. The van der Waals surface area contributed by atoms with Crippen LogP contribution in [0.3, 0.4) is 0 Å². The molecule has 7 nitrogen and oxygen atoms in total. The van der Waals surface area contributed by atoms with Crippen LogP contribution in [0.4, 0.5) is 5.69 Å². The summed E-state index contributed by atoms with van der Waals surface area (Å²) in [5.74, 6) is 0.358. The molecule has 0 saturated heterocycles. The molecule has 1 N–H and O–H groups in total. The number of hydrogen-bond donors (Lipinski definition) is 1. The molecule has 37 heavy (non-hydrogen) atoms. The van der Waals surface area contributed by atoms with E-state index in [4.69, 9.17) is 9.72 Å². The fourth-order valence-corrected chi connectivity index (χ4v) is 4.61. The minimum absolute atomic E-state index is 0.0109. The van der Waals surface area contributed by atoms with E-state index in [1.165, 1.54) is 0 Å². The van der Waals surface area contributed by atoms with Gasteiger partial charge in [0.15, 0.2) is 5.69 Å². The second kappa shape index (κ2) is 10.1. The Morgan fingerprint density at radius 2 is 1.81 bits per heavy atom. The molecule has 0 saturated carbocycles. The Labute approximate surface area is 222 Å². The molecule has 0 bridgehead atoms. The molecule has 5 rings (SSSR count). The number of ether oxygens (including phenoxy) is 1. The molecule has 5 aromatic rings. The van der Waals surface area contributed by atoms with Gasteiger partial charge in [-0.15, -0.1) is 10.2 Å². The number of carbonyl (C=O) groups is 1. The number of fused-ring (bicyclic) bond motifs is 2. The van der Waals surface area contributed by atoms with Gasteiger partial charge < -0.3 is 14.4 Å². The topological polar surface area (TPSA) is 89.1 Å². The number of nitrogens with zero attached hydrogens (tertiary/aromatic N) is 4. The van der Waals surface area contributed by atoms with Gasteiger partial charge in [-0.25, -0.2) is 4.98 Å². The van der Waals surface area contributed by atoms with Crippen LogP contribution in [0.25, 0.3) is 33.1 Å². The van der Waals surface area contributed by atoms with Crippen molar-refractivity contribution in [2.24, 2.45) is 16.1 Å².